The van der Waals surface area contributed by atoms with Crippen molar-refractivity contribution in [3.63, 3.8) is 0 Å². The van der Waals surface area contributed by atoms with Gasteiger partial charge in [0, 0.05) is 23.4 Å². The quantitative estimate of drug-likeness (QED) is 0.857. The fraction of sp³-hybridized carbons (Fsp3) is 0.588. The zero-order valence-corrected chi connectivity index (χ0v) is 15.1. The molecule has 2 rings (SSSR count). The topological polar surface area (TPSA) is 47.3 Å². The molecule has 0 aliphatic carbocycles. The van der Waals surface area contributed by atoms with Crippen LogP contribution in [0.25, 0.3) is 0 Å². The highest BCUT2D eigenvalue weighted by Crippen LogP contribution is 2.33. The summed E-state index contributed by atoms with van der Waals surface area (Å²) in [4.78, 5) is 6.02. The van der Waals surface area contributed by atoms with Crippen molar-refractivity contribution in [2.45, 2.75) is 52.1 Å². The first-order chi connectivity index (χ1) is 10.3. The molecule has 0 amide bonds. The van der Waals surface area contributed by atoms with Gasteiger partial charge in [0.2, 0.25) is 0 Å². The Hall–Kier alpha value is -1.17. The minimum atomic E-state index is 0.0367. The summed E-state index contributed by atoms with van der Waals surface area (Å²) in [5, 5.41) is 4.77. The first-order valence-electron chi connectivity index (χ1n) is 7.59. The third-order valence-electron chi connectivity index (χ3n) is 3.54. The number of nitrogens with zero attached hydrogens (tertiary/aromatic N) is 1. The SMILES string of the molecule is COC[C@@H](N[C@H](C)c1sc(C(C)(C)C)nc1C)c1ccco1. The van der Waals surface area contributed by atoms with Gasteiger partial charge in [0.15, 0.2) is 0 Å². The van der Waals surface area contributed by atoms with Crippen LogP contribution in [0.3, 0.4) is 0 Å². The number of thiazole rings is 1. The molecule has 0 saturated carbocycles. The van der Waals surface area contributed by atoms with Crippen molar-refractivity contribution in [1.29, 1.82) is 0 Å². The maximum atomic E-state index is 5.52. The van der Waals surface area contributed by atoms with Gasteiger partial charge in [0.25, 0.3) is 0 Å². The Labute approximate surface area is 136 Å². The maximum Gasteiger partial charge on any atom is 0.123 e. The van der Waals surface area contributed by atoms with E-state index >= 15 is 0 Å². The molecule has 4 nitrogen and oxygen atoms in total. The fourth-order valence-electron chi connectivity index (χ4n) is 2.38. The van der Waals surface area contributed by atoms with E-state index in [-0.39, 0.29) is 17.5 Å². The monoisotopic (exact) mass is 322 g/mol. The Morgan fingerprint density at radius 1 is 1.41 bits per heavy atom. The summed E-state index contributed by atoms with van der Waals surface area (Å²) in [6, 6.07) is 4.11. The normalized spacial score (nSPS) is 15.0. The second-order valence-corrected chi connectivity index (χ2v) is 7.66. The highest BCUT2D eigenvalue weighted by Gasteiger charge is 2.24. The Morgan fingerprint density at radius 2 is 2.14 bits per heavy atom. The Bertz CT molecular complexity index is 584. The van der Waals surface area contributed by atoms with Gasteiger partial charge in [-0.3, -0.25) is 5.32 Å². The summed E-state index contributed by atoms with van der Waals surface area (Å²) >= 11 is 1.79. The number of hydrogen-bond acceptors (Lipinski definition) is 5. The Balaban J connectivity index is 2.17. The largest absolute Gasteiger partial charge is 0.468 e. The highest BCUT2D eigenvalue weighted by atomic mass is 32.1. The second-order valence-electron chi connectivity index (χ2n) is 6.63. The summed E-state index contributed by atoms with van der Waals surface area (Å²) in [6.45, 7) is 11.4. The van der Waals surface area contributed by atoms with E-state index in [4.69, 9.17) is 14.1 Å². The predicted molar refractivity (Wildman–Crippen MR) is 90.4 cm³/mol. The lowest BCUT2D eigenvalue weighted by Crippen LogP contribution is -2.27. The number of nitrogens with one attached hydrogen (secondary N) is 1. The number of aromatic nitrogens is 1. The average molecular weight is 322 g/mol. The van der Waals surface area contributed by atoms with Crippen LogP contribution in [-0.4, -0.2) is 18.7 Å². The zero-order valence-electron chi connectivity index (χ0n) is 14.3. The lowest BCUT2D eigenvalue weighted by Gasteiger charge is -2.21. The average Bonchev–Trinajstić information content (AvgIpc) is 3.06. The molecule has 5 heteroatoms. The van der Waals surface area contributed by atoms with E-state index in [1.54, 1.807) is 24.7 Å². The number of ether oxygens (including phenoxy) is 1. The molecule has 0 radical (unpaired) electrons. The van der Waals surface area contributed by atoms with Gasteiger partial charge in [-0.2, -0.15) is 0 Å². The molecular formula is C17H26N2O2S. The third-order valence-corrected chi connectivity index (χ3v) is 5.30. The van der Waals surface area contributed by atoms with Gasteiger partial charge >= 0.3 is 0 Å². The molecule has 2 heterocycles. The number of methoxy groups -OCH3 is 1. The van der Waals surface area contributed by atoms with E-state index in [1.807, 2.05) is 12.1 Å². The summed E-state index contributed by atoms with van der Waals surface area (Å²) in [5.74, 6) is 0.895. The number of hydrogen-bond donors (Lipinski definition) is 1. The van der Waals surface area contributed by atoms with Crippen molar-refractivity contribution >= 4 is 11.3 Å². The summed E-state index contributed by atoms with van der Waals surface area (Å²) in [5.41, 5.74) is 1.19. The molecule has 0 saturated heterocycles. The van der Waals surface area contributed by atoms with Crippen LogP contribution in [0.2, 0.25) is 0 Å². The highest BCUT2D eigenvalue weighted by molar-refractivity contribution is 7.12. The number of furan rings is 1. The molecule has 0 aliphatic rings. The van der Waals surface area contributed by atoms with Crippen LogP contribution >= 0.6 is 11.3 Å². The molecule has 1 N–H and O–H groups in total. The van der Waals surface area contributed by atoms with Gasteiger partial charge in [-0.05, 0) is 26.0 Å². The number of rotatable bonds is 6. The van der Waals surface area contributed by atoms with Crippen molar-refractivity contribution in [3.05, 3.63) is 39.7 Å². The minimum Gasteiger partial charge on any atom is -0.468 e. The van der Waals surface area contributed by atoms with Crippen molar-refractivity contribution in [2.24, 2.45) is 0 Å². The molecule has 0 aliphatic heterocycles. The van der Waals surface area contributed by atoms with E-state index in [0.29, 0.717) is 6.61 Å². The van der Waals surface area contributed by atoms with E-state index in [9.17, 15) is 0 Å². The van der Waals surface area contributed by atoms with Crippen LogP contribution in [0.5, 0.6) is 0 Å². The maximum absolute atomic E-state index is 5.52. The summed E-state index contributed by atoms with van der Waals surface area (Å²) in [6.07, 6.45) is 1.69. The molecule has 0 unspecified atom stereocenters. The predicted octanol–water partition coefficient (Wildman–Crippen LogP) is 4.38. The van der Waals surface area contributed by atoms with Crippen molar-refractivity contribution in [3.8, 4) is 0 Å². The molecule has 0 fully saturated rings. The molecule has 0 aromatic carbocycles. The molecule has 2 aromatic heterocycles. The van der Waals surface area contributed by atoms with Crippen LogP contribution in [0.15, 0.2) is 22.8 Å². The molecule has 0 spiro atoms. The fourth-order valence-corrected chi connectivity index (χ4v) is 3.51. The Kier molecular flexibility index (Phi) is 5.42. The zero-order chi connectivity index (χ0) is 16.3. The molecule has 22 heavy (non-hydrogen) atoms. The van der Waals surface area contributed by atoms with Crippen molar-refractivity contribution in [2.75, 3.05) is 13.7 Å². The first kappa shape index (κ1) is 17.2. The smallest absolute Gasteiger partial charge is 0.123 e. The molecule has 2 aromatic rings. The van der Waals surface area contributed by atoms with Gasteiger partial charge < -0.3 is 9.15 Å². The first-order valence-corrected chi connectivity index (χ1v) is 8.40. The second kappa shape index (κ2) is 6.94. The van der Waals surface area contributed by atoms with E-state index in [2.05, 4.69) is 39.9 Å². The van der Waals surface area contributed by atoms with Crippen LogP contribution in [0.4, 0.5) is 0 Å². The lowest BCUT2D eigenvalue weighted by molar-refractivity contribution is 0.152. The van der Waals surface area contributed by atoms with Crippen LogP contribution in [-0.2, 0) is 10.2 Å². The van der Waals surface area contributed by atoms with Crippen molar-refractivity contribution in [1.82, 2.24) is 10.3 Å². The molecule has 122 valence electrons. The van der Waals surface area contributed by atoms with E-state index in [0.717, 1.165) is 11.5 Å². The van der Waals surface area contributed by atoms with Crippen molar-refractivity contribution < 1.29 is 9.15 Å². The van der Waals surface area contributed by atoms with Gasteiger partial charge in [0.1, 0.15) is 5.76 Å². The van der Waals surface area contributed by atoms with Crippen LogP contribution < -0.4 is 5.32 Å². The lowest BCUT2D eigenvalue weighted by atomic mass is 9.98. The minimum absolute atomic E-state index is 0.0367. The van der Waals surface area contributed by atoms with Crippen LogP contribution in [0.1, 0.15) is 61.1 Å². The molecular weight excluding hydrogens is 296 g/mol. The Morgan fingerprint density at radius 3 is 2.64 bits per heavy atom. The molecule has 0 bridgehead atoms. The third kappa shape index (κ3) is 3.97. The van der Waals surface area contributed by atoms with Gasteiger partial charge in [0.05, 0.1) is 29.6 Å². The van der Waals surface area contributed by atoms with Gasteiger partial charge in [-0.1, -0.05) is 20.8 Å². The summed E-state index contributed by atoms with van der Waals surface area (Å²) < 4.78 is 10.8. The van der Waals surface area contributed by atoms with Gasteiger partial charge in [-0.25, -0.2) is 4.98 Å². The van der Waals surface area contributed by atoms with Gasteiger partial charge in [-0.15, -0.1) is 11.3 Å². The van der Waals surface area contributed by atoms with Crippen LogP contribution in [0, 0.1) is 6.92 Å². The number of aryl methyl sites for hydroxylation is 1. The van der Waals surface area contributed by atoms with E-state index < -0.39 is 0 Å². The summed E-state index contributed by atoms with van der Waals surface area (Å²) in [7, 11) is 1.71. The van der Waals surface area contributed by atoms with E-state index in [1.165, 1.54) is 9.88 Å². The molecule has 2 atom stereocenters. The standard InChI is InChI=1S/C17H26N2O2S/c1-11(15-12(2)19-16(22-15)17(3,4)5)18-13(10-20-6)14-8-7-9-21-14/h7-9,11,13,18H,10H2,1-6H3/t11-,13-/m1/s1.